The predicted molar refractivity (Wildman–Crippen MR) is 112 cm³/mol. The van der Waals surface area contributed by atoms with Gasteiger partial charge in [-0.25, -0.2) is 9.97 Å². The summed E-state index contributed by atoms with van der Waals surface area (Å²) in [6.45, 7) is 4.02. The van der Waals surface area contributed by atoms with E-state index in [0.29, 0.717) is 13.1 Å². The van der Waals surface area contributed by atoms with Gasteiger partial charge in [-0.1, -0.05) is 12.1 Å². The van der Waals surface area contributed by atoms with Gasteiger partial charge in [0.05, 0.1) is 29.7 Å². The molecule has 7 heteroatoms. The van der Waals surface area contributed by atoms with E-state index in [1.165, 1.54) is 5.56 Å². The van der Waals surface area contributed by atoms with Crippen molar-refractivity contribution in [3.05, 3.63) is 59.8 Å². The zero-order valence-corrected chi connectivity index (χ0v) is 16.7. The summed E-state index contributed by atoms with van der Waals surface area (Å²) in [7, 11) is 1.92. The van der Waals surface area contributed by atoms with Crippen LogP contribution in [0.3, 0.4) is 0 Å². The number of aliphatic hydroxyl groups is 1. The summed E-state index contributed by atoms with van der Waals surface area (Å²) in [6, 6.07) is 8.42. The summed E-state index contributed by atoms with van der Waals surface area (Å²) < 4.78 is 1.81. The first kappa shape index (κ1) is 18.0. The van der Waals surface area contributed by atoms with Gasteiger partial charge in [-0.15, -0.1) is 0 Å². The van der Waals surface area contributed by atoms with E-state index >= 15 is 0 Å². The Bertz CT molecular complexity index is 1100. The minimum absolute atomic E-state index is 0.581. The van der Waals surface area contributed by atoms with Crippen LogP contribution in [-0.4, -0.2) is 49.3 Å². The van der Waals surface area contributed by atoms with Crippen LogP contribution >= 0.6 is 0 Å². The molecule has 1 aromatic carbocycles. The molecule has 2 aliphatic rings. The molecular weight excluding hydrogens is 364 g/mol. The largest absolute Gasteiger partial charge is 0.388 e. The second-order valence-corrected chi connectivity index (χ2v) is 8.22. The second-order valence-electron chi connectivity index (χ2n) is 8.22. The normalized spacial score (nSPS) is 21.2. The molecule has 148 valence electrons. The minimum atomic E-state index is -0.681. The number of rotatable bonds is 3. The third-order valence-electron chi connectivity index (χ3n) is 5.70. The standard InChI is InChI=1S/C22H24N6O/c1-22(29)6-3-7-28(13-22)20-9-19(24-14-25-20)21-18-8-15(4-5-16(18)10-23-21)17-11-26-27(2)12-17/h4-5,8-9,11-12,14,29H,3,6-7,10,13H2,1-2H3. The van der Waals surface area contributed by atoms with Crippen LogP contribution in [0.4, 0.5) is 5.82 Å². The SMILES string of the molecule is Cn1cc(-c2ccc3c(c2)C(c2cc(N4CCCC(C)(O)C4)ncn2)=NC3)cn1. The van der Waals surface area contributed by atoms with Crippen molar-refractivity contribution in [2.45, 2.75) is 31.9 Å². The van der Waals surface area contributed by atoms with Gasteiger partial charge in [-0.3, -0.25) is 9.67 Å². The van der Waals surface area contributed by atoms with Gasteiger partial charge < -0.3 is 10.0 Å². The fourth-order valence-electron chi connectivity index (χ4n) is 4.22. The molecule has 4 heterocycles. The Hall–Kier alpha value is -3.06. The highest BCUT2D eigenvalue weighted by atomic mass is 16.3. The molecule has 0 spiro atoms. The topological polar surface area (TPSA) is 79.4 Å². The van der Waals surface area contributed by atoms with Gasteiger partial charge in [-0.2, -0.15) is 5.10 Å². The number of aromatic nitrogens is 4. The van der Waals surface area contributed by atoms with E-state index in [0.717, 1.165) is 53.3 Å². The Labute approximate surface area is 169 Å². The van der Waals surface area contributed by atoms with Crippen LogP contribution in [0.2, 0.25) is 0 Å². The molecule has 1 saturated heterocycles. The first-order chi connectivity index (χ1) is 14.0. The molecule has 1 fully saturated rings. The average Bonchev–Trinajstić information content (AvgIpc) is 3.33. The Morgan fingerprint density at radius 2 is 2.03 bits per heavy atom. The van der Waals surface area contributed by atoms with Crippen LogP contribution in [0.1, 0.15) is 36.6 Å². The van der Waals surface area contributed by atoms with Crippen molar-refractivity contribution in [1.82, 2.24) is 19.7 Å². The number of aryl methyl sites for hydroxylation is 1. The quantitative estimate of drug-likeness (QED) is 0.746. The van der Waals surface area contributed by atoms with Crippen LogP contribution in [-0.2, 0) is 13.6 Å². The Kier molecular flexibility index (Phi) is 4.20. The highest BCUT2D eigenvalue weighted by Crippen LogP contribution is 2.29. The first-order valence-corrected chi connectivity index (χ1v) is 9.95. The van der Waals surface area contributed by atoms with Gasteiger partial charge in [-0.05, 0) is 37.0 Å². The monoisotopic (exact) mass is 388 g/mol. The lowest BCUT2D eigenvalue weighted by Gasteiger charge is -2.37. The number of fused-ring (bicyclic) bond motifs is 1. The van der Waals surface area contributed by atoms with E-state index in [2.05, 4.69) is 38.2 Å². The number of β-amino-alcohol motifs (C(OH)–C–C–N with tert-alkyl or cyclic N) is 1. The van der Waals surface area contributed by atoms with E-state index in [1.807, 2.05) is 37.1 Å². The smallest absolute Gasteiger partial charge is 0.132 e. The van der Waals surface area contributed by atoms with Crippen LogP contribution in [0.15, 0.2) is 48.0 Å². The van der Waals surface area contributed by atoms with Crippen LogP contribution < -0.4 is 4.90 Å². The van der Waals surface area contributed by atoms with Gasteiger partial charge in [0.2, 0.25) is 0 Å². The summed E-state index contributed by atoms with van der Waals surface area (Å²) in [5, 5.41) is 14.7. The van der Waals surface area contributed by atoms with Crippen molar-refractivity contribution < 1.29 is 5.11 Å². The lowest BCUT2D eigenvalue weighted by molar-refractivity contribution is 0.0447. The number of hydrogen-bond donors (Lipinski definition) is 1. The molecule has 5 rings (SSSR count). The first-order valence-electron chi connectivity index (χ1n) is 9.95. The van der Waals surface area contributed by atoms with Crippen molar-refractivity contribution >= 4 is 11.5 Å². The van der Waals surface area contributed by atoms with Crippen LogP contribution in [0.25, 0.3) is 11.1 Å². The maximum atomic E-state index is 10.4. The van der Waals surface area contributed by atoms with E-state index in [-0.39, 0.29) is 0 Å². The molecule has 0 aliphatic carbocycles. The molecular formula is C22H24N6O. The summed E-state index contributed by atoms with van der Waals surface area (Å²) in [5.41, 5.74) is 5.56. The maximum absolute atomic E-state index is 10.4. The molecule has 3 aromatic rings. The zero-order valence-electron chi connectivity index (χ0n) is 16.7. The molecule has 7 nitrogen and oxygen atoms in total. The molecule has 0 amide bonds. The van der Waals surface area contributed by atoms with E-state index in [4.69, 9.17) is 4.99 Å². The van der Waals surface area contributed by atoms with Crippen LogP contribution in [0.5, 0.6) is 0 Å². The molecule has 1 atom stereocenters. The Morgan fingerprint density at radius 3 is 2.83 bits per heavy atom. The lowest BCUT2D eigenvalue weighted by atomic mass is 9.95. The summed E-state index contributed by atoms with van der Waals surface area (Å²) in [4.78, 5) is 15.9. The summed E-state index contributed by atoms with van der Waals surface area (Å²) >= 11 is 0. The van der Waals surface area contributed by atoms with Crippen LogP contribution in [0, 0.1) is 0 Å². The Balaban J connectivity index is 1.48. The number of nitrogens with zero attached hydrogens (tertiary/aromatic N) is 6. The lowest BCUT2D eigenvalue weighted by Crippen LogP contribution is -2.46. The summed E-state index contributed by atoms with van der Waals surface area (Å²) in [5.74, 6) is 0.842. The maximum Gasteiger partial charge on any atom is 0.132 e. The molecule has 2 aromatic heterocycles. The number of hydrogen-bond acceptors (Lipinski definition) is 6. The Morgan fingerprint density at radius 1 is 1.14 bits per heavy atom. The van der Waals surface area contributed by atoms with Crippen molar-refractivity contribution in [1.29, 1.82) is 0 Å². The number of anilines is 1. The molecule has 0 bridgehead atoms. The summed E-state index contributed by atoms with van der Waals surface area (Å²) in [6.07, 6.45) is 7.25. The zero-order chi connectivity index (χ0) is 20.0. The third kappa shape index (κ3) is 3.42. The van der Waals surface area contributed by atoms with Crippen molar-refractivity contribution in [2.24, 2.45) is 12.0 Å². The molecule has 1 unspecified atom stereocenters. The number of benzene rings is 1. The molecule has 1 N–H and O–H groups in total. The van der Waals surface area contributed by atoms with Gasteiger partial charge in [0.1, 0.15) is 12.1 Å². The number of aliphatic imine (C=N–C) groups is 1. The number of piperidine rings is 1. The van der Waals surface area contributed by atoms with Crippen molar-refractivity contribution in [2.75, 3.05) is 18.0 Å². The minimum Gasteiger partial charge on any atom is -0.388 e. The van der Waals surface area contributed by atoms with Gasteiger partial charge >= 0.3 is 0 Å². The second kappa shape index (κ2) is 6.77. The fourth-order valence-corrected chi connectivity index (χ4v) is 4.22. The van der Waals surface area contributed by atoms with Gasteiger partial charge in [0.25, 0.3) is 0 Å². The molecule has 0 saturated carbocycles. The highest BCUT2D eigenvalue weighted by Gasteiger charge is 2.29. The van der Waals surface area contributed by atoms with Gasteiger partial charge in [0, 0.05) is 43.5 Å². The molecule has 0 radical (unpaired) electrons. The average molecular weight is 388 g/mol. The van der Waals surface area contributed by atoms with Gasteiger partial charge in [0.15, 0.2) is 0 Å². The predicted octanol–water partition coefficient (Wildman–Crippen LogP) is 2.58. The molecule has 29 heavy (non-hydrogen) atoms. The van der Waals surface area contributed by atoms with Crippen molar-refractivity contribution in [3.8, 4) is 11.1 Å². The van der Waals surface area contributed by atoms with Crippen molar-refractivity contribution in [3.63, 3.8) is 0 Å². The fraction of sp³-hybridized carbons (Fsp3) is 0.364. The third-order valence-corrected chi connectivity index (χ3v) is 5.70. The highest BCUT2D eigenvalue weighted by molar-refractivity contribution is 6.14. The molecule has 2 aliphatic heterocycles. The van der Waals surface area contributed by atoms with E-state index in [1.54, 1.807) is 6.33 Å². The van der Waals surface area contributed by atoms with E-state index in [9.17, 15) is 5.11 Å². The van der Waals surface area contributed by atoms with E-state index < -0.39 is 5.60 Å².